The number of benzene rings is 2. The Bertz CT molecular complexity index is 1240. The van der Waals surface area contributed by atoms with Crippen molar-refractivity contribution >= 4 is 61.8 Å². The zero-order valence-corrected chi connectivity index (χ0v) is 21.1. The van der Waals surface area contributed by atoms with Gasteiger partial charge in [-0.15, -0.1) is 0 Å². The third kappa shape index (κ3) is 4.34. The van der Waals surface area contributed by atoms with Crippen LogP contribution in [0.1, 0.15) is 41.6 Å². The molecule has 1 heterocycles. The molecule has 2 bridgehead atoms. The Balaban J connectivity index is 1.45. The molecule has 2 aromatic rings. The highest BCUT2D eigenvalue weighted by molar-refractivity contribution is 9.10. The second-order valence-corrected chi connectivity index (χ2v) is 10.6. The predicted molar refractivity (Wildman–Crippen MR) is 131 cm³/mol. The van der Waals surface area contributed by atoms with Crippen LogP contribution in [0.3, 0.4) is 0 Å². The van der Waals surface area contributed by atoms with Gasteiger partial charge in [-0.1, -0.05) is 38.3 Å². The number of halogens is 2. The molecule has 1 saturated heterocycles. The zero-order chi connectivity index (χ0) is 24.0. The van der Waals surface area contributed by atoms with Crippen molar-refractivity contribution < 1.29 is 23.9 Å². The highest BCUT2D eigenvalue weighted by atomic mass is 79.9. The average Bonchev–Trinajstić information content (AvgIpc) is 3.42. The summed E-state index contributed by atoms with van der Waals surface area (Å²) in [5.41, 5.74) is 0.547. The van der Waals surface area contributed by atoms with Gasteiger partial charge in [-0.05, 0) is 79.6 Å². The second kappa shape index (κ2) is 9.11. The van der Waals surface area contributed by atoms with Crippen LogP contribution in [0.4, 0.5) is 4.79 Å². The highest BCUT2D eigenvalue weighted by Crippen LogP contribution is 2.47. The number of barbiturate groups is 1. The Morgan fingerprint density at radius 1 is 1.00 bits per heavy atom. The monoisotopic (exact) mass is 586 g/mol. The van der Waals surface area contributed by atoms with Crippen molar-refractivity contribution in [3.05, 3.63) is 68.1 Å². The van der Waals surface area contributed by atoms with E-state index >= 15 is 0 Å². The molecule has 2 saturated carbocycles. The first kappa shape index (κ1) is 23.0. The first-order valence-corrected chi connectivity index (χ1v) is 12.6. The van der Waals surface area contributed by atoms with Crippen molar-refractivity contribution in [1.82, 2.24) is 10.2 Å². The molecule has 0 radical (unpaired) electrons. The number of hydrogen-bond donors (Lipinski definition) is 1. The maximum atomic E-state index is 13.3. The van der Waals surface area contributed by atoms with E-state index in [1.54, 1.807) is 42.5 Å². The Labute approximate surface area is 212 Å². The lowest BCUT2D eigenvalue weighted by Gasteiger charge is -2.35. The lowest BCUT2D eigenvalue weighted by atomic mass is 9.93. The van der Waals surface area contributed by atoms with Gasteiger partial charge in [-0.25, -0.2) is 9.59 Å². The molecule has 9 heteroatoms. The normalized spacial score (nSPS) is 25.1. The number of imide groups is 2. The minimum Gasteiger partial charge on any atom is -0.422 e. The number of nitrogens with zero attached hydrogens (tertiary/aromatic N) is 1. The molecule has 3 aliphatic rings. The minimum atomic E-state index is -0.764. The fourth-order valence-corrected chi connectivity index (χ4v) is 5.77. The summed E-state index contributed by atoms with van der Waals surface area (Å²) in [6.45, 7) is 0. The van der Waals surface area contributed by atoms with E-state index in [0.717, 1.165) is 30.2 Å². The number of hydrogen-bond acceptors (Lipinski definition) is 5. The molecule has 0 aromatic heterocycles. The van der Waals surface area contributed by atoms with Crippen molar-refractivity contribution in [2.45, 2.75) is 31.7 Å². The van der Waals surface area contributed by atoms with Gasteiger partial charge in [0.1, 0.15) is 11.3 Å². The Kier molecular flexibility index (Phi) is 6.16. The third-order valence-corrected chi connectivity index (χ3v) is 7.74. The first-order chi connectivity index (χ1) is 16.3. The van der Waals surface area contributed by atoms with E-state index in [-0.39, 0.29) is 23.3 Å². The largest absolute Gasteiger partial charge is 0.422 e. The SMILES string of the molecule is O=C1NC(=O)N([C@H]2C[C@H]3CC[C@H]2C3)C(=O)/C1=C\c1cc(Br)ccc1OC(=O)c1ccc(Br)cc1. The van der Waals surface area contributed by atoms with Crippen LogP contribution in [0, 0.1) is 11.8 Å². The van der Waals surface area contributed by atoms with Crippen molar-refractivity contribution in [3.63, 3.8) is 0 Å². The van der Waals surface area contributed by atoms with E-state index in [1.807, 2.05) is 0 Å². The third-order valence-electron chi connectivity index (χ3n) is 6.72. The lowest BCUT2D eigenvalue weighted by molar-refractivity contribution is -0.132. The lowest BCUT2D eigenvalue weighted by Crippen LogP contribution is -2.58. The van der Waals surface area contributed by atoms with Gasteiger partial charge in [0, 0.05) is 20.6 Å². The van der Waals surface area contributed by atoms with Gasteiger partial charge in [-0.3, -0.25) is 19.8 Å². The Morgan fingerprint density at radius 2 is 1.74 bits per heavy atom. The van der Waals surface area contributed by atoms with E-state index in [1.165, 1.54) is 11.0 Å². The molecule has 0 unspecified atom stereocenters. The summed E-state index contributed by atoms with van der Waals surface area (Å²) in [4.78, 5) is 52.4. The number of carbonyl (C=O) groups excluding carboxylic acids is 4. The number of ether oxygens (including phenoxy) is 1. The van der Waals surface area contributed by atoms with Crippen LogP contribution in [0.5, 0.6) is 5.75 Å². The number of nitrogens with one attached hydrogen (secondary N) is 1. The zero-order valence-electron chi connectivity index (χ0n) is 17.9. The Morgan fingerprint density at radius 3 is 2.41 bits per heavy atom. The topological polar surface area (TPSA) is 92.8 Å². The minimum absolute atomic E-state index is 0.165. The molecule has 2 aromatic carbocycles. The molecule has 5 rings (SSSR count). The fourth-order valence-electron chi connectivity index (χ4n) is 5.13. The summed E-state index contributed by atoms with van der Waals surface area (Å²) in [5.74, 6) is -0.964. The van der Waals surface area contributed by atoms with Crippen LogP contribution in [0.15, 0.2) is 57.0 Å². The molecular formula is C25H20Br2N2O5. The molecular weight excluding hydrogens is 568 g/mol. The Hall–Kier alpha value is -2.78. The van der Waals surface area contributed by atoms with Crippen LogP contribution < -0.4 is 10.1 Å². The number of fused-ring (bicyclic) bond motifs is 2. The summed E-state index contributed by atoms with van der Waals surface area (Å²) in [5, 5.41) is 2.31. The summed E-state index contributed by atoms with van der Waals surface area (Å²) in [7, 11) is 0. The van der Waals surface area contributed by atoms with Crippen LogP contribution in [-0.2, 0) is 9.59 Å². The van der Waals surface area contributed by atoms with Crippen LogP contribution >= 0.6 is 31.9 Å². The number of carbonyl (C=O) groups is 4. The van der Waals surface area contributed by atoms with E-state index in [0.29, 0.717) is 21.5 Å². The van der Waals surface area contributed by atoms with Crippen LogP contribution in [-0.4, -0.2) is 34.8 Å². The van der Waals surface area contributed by atoms with Gasteiger partial charge in [0.25, 0.3) is 11.8 Å². The molecule has 2 aliphatic carbocycles. The van der Waals surface area contributed by atoms with Gasteiger partial charge in [0.2, 0.25) is 0 Å². The molecule has 4 amide bonds. The average molecular weight is 588 g/mol. The molecule has 1 aliphatic heterocycles. The van der Waals surface area contributed by atoms with Gasteiger partial charge in [0.05, 0.1) is 5.56 Å². The predicted octanol–water partition coefficient (Wildman–Crippen LogP) is 5.08. The standard InChI is InChI=1S/C25H20Br2N2O5/c26-17-5-3-14(4-6-17)24(32)34-21-8-7-18(27)11-16(21)12-19-22(30)28-25(33)29(23(19)31)20-10-13-1-2-15(20)9-13/h3-8,11-13,15,20H,1-2,9-10H2,(H,28,30,33)/b19-12-/t13-,15-,20-/m0/s1. The second-order valence-electron chi connectivity index (χ2n) is 8.81. The van der Waals surface area contributed by atoms with Crippen molar-refractivity contribution in [2.24, 2.45) is 11.8 Å². The summed E-state index contributed by atoms with van der Waals surface area (Å²) in [6, 6.07) is 10.8. The van der Waals surface area contributed by atoms with Gasteiger partial charge in [-0.2, -0.15) is 0 Å². The molecule has 34 heavy (non-hydrogen) atoms. The van der Waals surface area contributed by atoms with E-state index in [4.69, 9.17) is 4.74 Å². The van der Waals surface area contributed by atoms with E-state index < -0.39 is 23.8 Å². The van der Waals surface area contributed by atoms with Crippen LogP contribution in [0.2, 0.25) is 0 Å². The molecule has 7 nitrogen and oxygen atoms in total. The first-order valence-electron chi connectivity index (χ1n) is 11.0. The van der Waals surface area contributed by atoms with E-state index in [9.17, 15) is 19.2 Å². The van der Waals surface area contributed by atoms with Crippen molar-refractivity contribution in [2.75, 3.05) is 0 Å². The van der Waals surface area contributed by atoms with Crippen molar-refractivity contribution in [1.29, 1.82) is 0 Å². The number of esters is 1. The molecule has 174 valence electrons. The molecule has 3 fully saturated rings. The smallest absolute Gasteiger partial charge is 0.343 e. The highest BCUT2D eigenvalue weighted by Gasteiger charge is 2.49. The number of amides is 4. The summed E-state index contributed by atoms with van der Waals surface area (Å²) in [6.07, 6.45) is 5.27. The quantitative estimate of drug-likeness (QED) is 0.233. The van der Waals surface area contributed by atoms with Crippen molar-refractivity contribution in [3.8, 4) is 5.75 Å². The number of urea groups is 1. The van der Waals surface area contributed by atoms with Gasteiger partial charge in [0.15, 0.2) is 0 Å². The maximum absolute atomic E-state index is 13.3. The maximum Gasteiger partial charge on any atom is 0.343 e. The van der Waals surface area contributed by atoms with Gasteiger partial charge < -0.3 is 4.74 Å². The summed E-state index contributed by atoms with van der Waals surface area (Å²) < 4.78 is 7.09. The molecule has 0 spiro atoms. The van der Waals surface area contributed by atoms with Gasteiger partial charge >= 0.3 is 12.0 Å². The van der Waals surface area contributed by atoms with Crippen LogP contribution in [0.25, 0.3) is 6.08 Å². The fraction of sp³-hybridized carbons (Fsp3) is 0.280. The molecule has 3 atom stereocenters. The molecule has 1 N–H and O–H groups in total. The number of rotatable bonds is 4. The van der Waals surface area contributed by atoms with E-state index in [2.05, 4.69) is 37.2 Å². The summed E-state index contributed by atoms with van der Waals surface area (Å²) >= 11 is 6.71.